The summed E-state index contributed by atoms with van der Waals surface area (Å²) in [5.41, 5.74) is 0.717. The van der Waals surface area contributed by atoms with Crippen molar-refractivity contribution in [3.05, 3.63) is 28.0 Å². The minimum absolute atomic E-state index is 0.0423. The van der Waals surface area contributed by atoms with Crippen LogP contribution in [0.15, 0.2) is 12.1 Å². The molecule has 1 fully saturated rings. The summed E-state index contributed by atoms with van der Waals surface area (Å²) in [5, 5.41) is 3.83. The molecule has 4 nitrogen and oxygen atoms in total. The van der Waals surface area contributed by atoms with Gasteiger partial charge in [0, 0.05) is 19.6 Å². The van der Waals surface area contributed by atoms with Gasteiger partial charge in [-0.05, 0) is 18.6 Å². The van der Waals surface area contributed by atoms with E-state index in [9.17, 15) is 4.79 Å². The second kappa shape index (κ2) is 5.67. The van der Waals surface area contributed by atoms with Crippen LogP contribution in [-0.4, -0.2) is 35.4 Å². The zero-order valence-electron chi connectivity index (χ0n) is 9.25. The van der Waals surface area contributed by atoms with Gasteiger partial charge in [0.15, 0.2) is 0 Å². The molecule has 0 unspecified atom stereocenters. The number of carbonyl (C=O) groups excluding carboxylic acids is 1. The lowest BCUT2D eigenvalue weighted by molar-refractivity contribution is -0.121. The summed E-state index contributed by atoms with van der Waals surface area (Å²) >= 11 is 11.9. The standard InChI is InChI=1S/C11H13Cl2N3O/c12-8-2-3-10(13)15-9(8)6-16-5-1-4-14-11(17)7-16/h2-3H,1,4-7H2,(H,14,17). The van der Waals surface area contributed by atoms with Crippen LogP contribution >= 0.6 is 23.2 Å². The number of pyridine rings is 1. The van der Waals surface area contributed by atoms with Crippen LogP contribution in [0.3, 0.4) is 0 Å². The first-order chi connectivity index (χ1) is 8.15. The Morgan fingerprint density at radius 3 is 3.06 bits per heavy atom. The Morgan fingerprint density at radius 1 is 1.41 bits per heavy atom. The molecule has 92 valence electrons. The first kappa shape index (κ1) is 12.6. The average Bonchev–Trinajstić information content (AvgIpc) is 2.48. The van der Waals surface area contributed by atoms with Crippen molar-refractivity contribution in [2.45, 2.75) is 13.0 Å². The highest BCUT2D eigenvalue weighted by Gasteiger charge is 2.16. The molecule has 0 aliphatic carbocycles. The Balaban J connectivity index is 2.08. The van der Waals surface area contributed by atoms with Crippen molar-refractivity contribution in [1.29, 1.82) is 0 Å². The molecule has 1 aromatic heterocycles. The monoisotopic (exact) mass is 273 g/mol. The molecule has 1 amide bonds. The molecule has 17 heavy (non-hydrogen) atoms. The Labute approximate surface area is 110 Å². The fourth-order valence-electron chi connectivity index (χ4n) is 1.78. The summed E-state index contributed by atoms with van der Waals surface area (Å²) in [6.45, 7) is 2.51. The molecule has 1 saturated heterocycles. The number of amides is 1. The fraction of sp³-hybridized carbons (Fsp3) is 0.455. The fourth-order valence-corrected chi connectivity index (χ4v) is 2.11. The summed E-state index contributed by atoms with van der Waals surface area (Å²) in [6.07, 6.45) is 0.934. The zero-order chi connectivity index (χ0) is 12.3. The predicted octanol–water partition coefficient (Wildman–Crippen LogP) is 1.71. The third-order valence-corrected chi connectivity index (χ3v) is 3.15. The first-order valence-corrected chi connectivity index (χ1v) is 6.21. The van der Waals surface area contributed by atoms with Crippen molar-refractivity contribution in [2.24, 2.45) is 0 Å². The molecule has 1 N–H and O–H groups in total. The van der Waals surface area contributed by atoms with Gasteiger partial charge in [0.1, 0.15) is 5.15 Å². The molecule has 0 aromatic carbocycles. The van der Waals surface area contributed by atoms with Gasteiger partial charge in [-0.25, -0.2) is 4.98 Å². The topological polar surface area (TPSA) is 45.2 Å². The van der Waals surface area contributed by atoms with Crippen LogP contribution in [-0.2, 0) is 11.3 Å². The molecule has 0 spiro atoms. The van der Waals surface area contributed by atoms with Gasteiger partial charge in [0.05, 0.1) is 17.3 Å². The summed E-state index contributed by atoms with van der Waals surface area (Å²) in [4.78, 5) is 17.6. The van der Waals surface area contributed by atoms with Crippen molar-refractivity contribution in [1.82, 2.24) is 15.2 Å². The van der Waals surface area contributed by atoms with Gasteiger partial charge in [0.25, 0.3) is 0 Å². The van der Waals surface area contributed by atoms with Crippen molar-refractivity contribution in [2.75, 3.05) is 19.6 Å². The van der Waals surface area contributed by atoms with Crippen LogP contribution in [0.4, 0.5) is 0 Å². The highest BCUT2D eigenvalue weighted by atomic mass is 35.5. The van der Waals surface area contributed by atoms with Crippen molar-refractivity contribution in [3.8, 4) is 0 Å². The lowest BCUT2D eigenvalue weighted by Gasteiger charge is -2.18. The summed E-state index contributed by atoms with van der Waals surface area (Å²) < 4.78 is 0. The lowest BCUT2D eigenvalue weighted by atomic mass is 10.3. The van der Waals surface area contributed by atoms with E-state index in [-0.39, 0.29) is 5.91 Å². The van der Waals surface area contributed by atoms with Crippen LogP contribution < -0.4 is 5.32 Å². The quantitative estimate of drug-likeness (QED) is 0.835. The van der Waals surface area contributed by atoms with Gasteiger partial charge in [-0.15, -0.1) is 0 Å². The van der Waals surface area contributed by atoms with E-state index in [1.807, 2.05) is 4.90 Å². The van der Waals surface area contributed by atoms with E-state index in [2.05, 4.69) is 10.3 Å². The molecule has 0 atom stereocenters. The summed E-state index contributed by atoms with van der Waals surface area (Å²) in [6, 6.07) is 3.38. The van der Waals surface area contributed by atoms with Crippen LogP contribution in [0.1, 0.15) is 12.1 Å². The van der Waals surface area contributed by atoms with Crippen molar-refractivity contribution in [3.63, 3.8) is 0 Å². The Bertz CT molecular complexity index is 425. The Hall–Kier alpha value is -0.840. The van der Waals surface area contributed by atoms with E-state index in [1.54, 1.807) is 12.1 Å². The van der Waals surface area contributed by atoms with E-state index in [0.29, 0.717) is 29.0 Å². The molecule has 0 saturated carbocycles. The van der Waals surface area contributed by atoms with Crippen LogP contribution in [0.2, 0.25) is 10.2 Å². The zero-order valence-corrected chi connectivity index (χ0v) is 10.8. The predicted molar refractivity (Wildman–Crippen MR) is 67.2 cm³/mol. The highest BCUT2D eigenvalue weighted by Crippen LogP contribution is 2.18. The van der Waals surface area contributed by atoms with Crippen LogP contribution in [0.5, 0.6) is 0 Å². The SMILES string of the molecule is O=C1CN(Cc2nc(Cl)ccc2Cl)CCCN1. The smallest absolute Gasteiger partial charge is 0.234 e. The second-order valence-electron chi connectivity index (χ2n) is 3.98. The number of carbonyl (C=O) groups is 1. The minimum atomic E-state index is 0.0423. The van der Waals surface area contributed by atoms with Crippen LogP contribution in [0.25, 0.3) is 0 Å². The first-order valence-electron chi connectivity index (χ1n) is 5.45. The van der Waals surface area contributed by atoms with E-state index in [1.165, 1.54) is 0 Å². The number of nitrogens with one attached hydrogen (secondary N) is 1. The number of hydrogen-bond donors (Lipinski definition) is 1. The molecular weight excluding hydrogens is 261 g/mol. The summed E-state index contributed by atoms with van der Waals surface area (Å²) in [7, 11) is 0. The molecule has 0 radical (unpaired) electrons. The normalized spacial score (nSPS) is 17.6. The third-order valence-electron chi connectivity index (χ3n) is 2.60. The molecule has 1 aliphatic rings. The molecule has 1 aromatic rings. The maximum Gasteiger partial charge on any atom is 0.234 e. The number of nitrogens with zero attached hydrogens (tertiary/aromatic N) is 2. The van der Waals surface area contributed by atoms with Gasteiger partial charge in [-0.2, -0.15) is 0 Å². The Kier molecular flexibility index (Phi) is 4.20. The largest absolute Gasteiger partial charge is 0.355 e. The maximum absolute atomic E-state index is 11.4. The van der Waals surface area contributed by atoms with Gasteiger partial charge < -0.3 is 5.32 Å². The highest BCUT2D eigenvalue weighted by molar-refractivity contribution is 6.32. The average molecular weight is 274 g/mol. The van der Waals surface area contributed by atoms with Gasteiger partial charge in [-0.1, -0.05) is 23.2 Å². The molecule has 2 heterocycles. The lowest BCUT2D eigenvalue weighted by Crippen LogP contribution is -2.33. The molecule has 6 heteroatoms. The van der Waals surface area contributed by atoms with E-state index in [0.717, 1.165) is 19.5 Å². The van der Waals surface area contributed by atoms with Crippen LogP contribution in [0, 0.1) is 0 Å². The van der Waals surface area contributed by atoms with E-state index >= 15 is 0 Å². The number of halogens is 2. The van der Waals surface area contributed by atoms with Gasteiger partial charge >= 0.3 is 0 Å². The van der Waals surface area contributed by atoms with E-state index < -0.39 is 0 Å². The van der Waals surface area contributed by atoms with Gasteiger partial charge in [-0.3, -0.25) is 9.69 Å². The van der Waals surface area contributed by atoms with Gasteiger partial charge in [0.2, 0.25) is 5.91 Å². The maximum atomic E-state index is 11.4. The van der Waals surface area contributed by atoms with Crippen molar-refractivity contribution < 1.29 is 4.79 Å². The molecule has 0 bridgehead atoms. The third kappa shape index (κ3) is 3.56. The molecular formula is C11H13Cl2N3O. The summed E-state index contributed by atoms with van der Waals surface area (Å²) in [5.74, 6) is 0.0423. The molecule has 1 aliphatic heterocycles. The second-order valence-corrected chi connectivity index (χ2v) is 4.77. The van der Waals surface area contributed by atoms with Crippen molar-refractivity contribution >= 4 is 29.1 Å². The minimum Gasteiger partial charge on any atom is -0.355 e. The van der Waals surface area contributed by atoms with E-state index in [4.69, 9.17) is 23.2 Å². The number of rotatable bonds is 2. The Morgan fingerprint density at radius 2 is 2.24 bits per heavy atom. The molecule has 2 rings (SSSR count). The number of aromatic nitrogens is 1. The number of hydrogen-bond acceptors (Lipinski definition) is 3.